The van der Waals surface area contributed by atoms with E-state index in [0.29, 0.717) is 11.8 Å². The van der Waals surface area contributed by atoms with Gasteiger partial charge in [-0.3, -0.25) is 0 Å². The Morgan fingerprint density at radius 3 is 2.32 bits per heavy atom. The molecule has 0 unspecified atom stereocenters. The summed E-state index contributed by atoms with van der Waals surface area (Å²) in [4.78, 5) is 11.9. The Balaban J connectivity index is 2.25. The van der Waals surface area contributed by atoms with Crippen LogP contribution < -0.4 is 9.47 Å². The van der Waals surface area contributed by atoms with E-state index in [1.54, 1.807) is 18.2 Å². The lowest BCUT2D eigenvalue weighted by Gasteiger charge is -2.08. The van der Waals surface area contributed by atoms with E-state index >= 15 is 0 Å². The summed E-state index contributed by atoms with van der Waals surface area (Å²) in [5, 5.41) is 0. The van der Waals surface area contributed by atoms with Crippen molar-refractivity contribution in [3.05, 3.63) is 59.7 Å². The second-order valence-corrected chi connectivity index (χ2v) is 3.69. The summed E-state index contributed by atoms with van der Waals surface area (Å²) in [6.45, 7) is 0. The van der Waals surface area contributed by atoms with E-state index in [1.807, 2.05) is 0 Å². The molecule has 0 atom stereocenters. The van der Waals surface area contributed by atoms with Crippen LogP contribution in [0.4, 0.5) is 8.78 Å². The Kier molecular flexibility index (Phi) is 3.75. The van der Waals surface area contributed by atoms with Crippen molar-refractivity contribution in [2.24, 2.45) is 0 Å². The maximum atomic E-state index is 13.0. The van der Waals surface area contributed by atoms with Crippen molar-refractivity contribution in [2.45, 2.75) is 0 Å². The van der Waals surface area contributed by atoms with Gasteiger partial charge in [-0.05, 0) is 12.1 Å². The Bertz CT molecular complexity index is 591. The number of benzene rings is 2. The molecule has 98 valence electrons. The molecule has 0 spiro atoms. The third kappa shape index (κ3) is 3.07. The number of methoxy groups -OCH3 is 1. The first-order valence-corrected chi connectivity index (χ1v) is 5.41. The molecule has 0 aliphatic rings. The zero-order valence-electron chi connectivity index (χ0n) is 10.0. The highest BCUT2D eigenvalue weighted by Crippen LogP contribution is 2.21. The average Bonchev–Trinajstić information content (AvgIpc) is 2.37. The number of hydrogen-bond donors (Lipinski definition) is 0. The molecule has 2 aromatic rings. The Hall–Kier alpha value is -2.43. The molecule has 2 rings (SSSR count). The summed E-state index contributed by atoms with van der Waals surface area (Å²) in [5.74, 6) is -2.26. The van der Waals surface area contributed by atoms with Crippen molar-refractivity contribution < 1.29 is 23.0 Å². The lowest BCUT2D eigenvalue weighted by atomic mass is 10.2. The molecule has 0 heterocycles. The predicted molar refractivity (Wildman–Crippen MR) is 64.3 cm³/mol. The van der Waals surface area contributed by atoms with Crippen LogP contribution in [-0.4, -0.2) is 13.1 Å². The van der Waals surface area contributed by atoms with E-state index < -0.39 is 17.6 Å². The van der Waals surface area contributed by atoms with Crippen LogP contribution in [0.3, 0.4) is 0 Å². The van der Waals surface area contributed by atoms with Gasteiger partial charge in [-0.25, -0.2) is 13.6 Å². The van der Waals surface area contributed by atoms with Gasteiger partial charge in [0.15, 0.2) is 0 Å². The Labute approximate surface area is 108 Å². The quantitative estimate of drug-likeness (QED) is 0.631. The molecule has 0 amide bonds. The predicted octanol–water partition coefficient (Wildman–Crippen LogP) is 3.19. The van der Waals surface area contributed by atoms with Crippen LogP contribution in [0.1, 0.15) is 10.4 Å². The van der Waals surface area contributed by atoms with E-state index in [-0.39, 0.29) is 11.3 Å². The van der Waals surface area contributed by atoms with Crippen LogP contribution in [0.5, 0.6) is 11.5 Å². The van der Waals surface area contributed by atoms with E-state index in [4.69, 9.17) is 9.47 Å². The molecule has 0 aliphatic heterocycles. The fourth-order valence-electron chi connectivity index (χ4n) is 1.56. The summed E-state index contributed by atoms with van der Waals surface area (Å²) in [7, 11) is 1.41. The molecular weight excluding hydrogens is 254 g/mol. The molecule has 2 aromatic carbocycles. The standard InChI is InChI=1S/C14H10F2O3/c1-18-13-5-3-2-4-12(13)14(17)19-11-7-9(15)6-10(16)8-11/h2-8H,1H3. The van der Waals surface area contributed by atoms with Crippen molar-refractivity contribution in [3.8, 4) is 11.5 Å². The molecule has 0 saturated carbocycles. The van der Waals surface area contributed by atoms with Gasteiger partial charge in [-0.2, -0.15) is 0 Å². The largest absolute Gasteiger partial charge is 0.496 e. The number of carbonyl (C=O) groups is 1. The third-order valence-electron chi connectivity index (χ3n) is 2.37. The normalized spacial score (nSPS) is 10.1. The molecule has 0 N–H and O–H groups in total. The highest BCUT2D eigenvalue weighted by atomic mass is 19.1. The Morgan fingerprint density at radius 2 is 1.68 bits per heavy atom. The van der Waals surface area contributed by atoms with Gasteiger partial charge in [-0.1, -0.05) is 12.1 Å². The molecule has 5 heteroatoms. The van der Waals surface area contributed by atoms with Crippen molar-refractivity contribution in [3.63, 3.8) is 0 Å². The number of hydrogen-bond acceptors (Lipinski definition) is 3. The highest BCUT2D eigenvalue weighted by Gasteiger charge is 2.14. The summed E-state index contributed by atoms with van der Waals surface area (Å²) < 4.78 is 35.8. The van der Waals surface area contributed by atoms with E-state index in [9.17, 15) is 13.6 Å². The summed E-state index contributed by atoms with van der Waals surface area (Å²) in [6.07, 6.45) is 0. The first kappa shape index (κ1) is 13.0. The van der Waals surface area contributed by atoms with Gasteiger partial charge >= 0.3 is 5.97 Å². The third-order valence-corrected chi connectivity index (χ3v) is 2.37. The van der Waals surface area contributed by atoms with Crippen molar-refractivity contribution >= 4 is 5.97 Å². The number of carbonyl (C=O) groups excluding carboxylic acids is 1. The summed E-state index contributed by atoms with van der Waals surface area (Å²) in [6, 6.07) is 8.95. The van der Waals surface area contributed by atoms with Crippen molar-refractivity contribution in [2.75, 3.05) is 7.11 Å². The van der Waals surface area contributed by atoms with E-state index in [0.717, 1.165) is 12.1 Å². The van der Waals surface area contributed by atoms with Gasteiger partial charge in [0.05, 0.1) is 7.11 Å². The van der Waals surface area contributed by atoms with Crippen LogP contribution >= 0.6 is 0 Å². The molecule has 3 nitrogen and oxygen atoms in total. The number of esters is 1. The topological polar surface area (TPSA) is 35.5 Å². The van der Waals surface area contributed by atoms with Crippen molar-refractivity contribution in [1.29, 1.82) is 0 Å². The second-order valence-electron chi connectivity index (χ2n) is 3.69. The van der Waals surface area contributed by atoms with Gasteiger partial charge in [0.25, 0.3) is 0 Å². The number of rotatable bonds is 3. The van der Waals surface area contributed by atoms with Crippen molar-refractivity contribution in [1.82, 2.24) is 0 Å². The maximum absolute atomic E-state index is 13.0. The van der Waals surface area contributed by atoms with Crippen LogP contribution in [-0.2, 0) is 0 Å². The number of ether oxygens (including phenoxy) is 2. The monoisotopic (exact) mass is 264 g/mol. The molecule has 0 radical (unpaired) electrons. The minimum absolute atomic E-state index is 0.176. The SMILES string of the molecule is COc1ccccc1C(=O)Oc1cc(F)cc(F)c1. The van der Waals surface area contributed by atoms with Crippen LogP contribution in [0.2, 0.25) is 0 Å². The lowest BCUT2D eigenvalue weighted by molar-refractivity contribution is 0.0730. The number of halogens is 2. The molecular formula is C14H10F2O3. The first-order chi connectivity index (χ1) is 9.10. The molecule has 0 aliphatic carbocycles. The van der Waals surface area contributed by atoms with Crippen LogP contribution in [0.25, 0.3) is 0 Å². The van der Waals surface area contributed by atoms with Gasteiger partial charge in [0.2, 0.25) is 0 Å². The van der Waals surface area contributed by atoms with E-state index in [1.165, 1.54) is 13.2 Å². The van der Waals surface area contributed by atoms with Gasteiger partial charge in [0, 0.05) is 18.2 Å². The average molecular weight is 264 g/mol. The van der Waals surface area contributed by atoms with Gasteiger partial charge in [0.1, 0.15) is 28.7 Å². The summed E-state index contributed by atoms with van der Waals surface area (Å²) in [5.41, 5.74) is 0.176. The fraction of sp³-hybridized carbons (Fsp3) is 0.0714. The number of para-hydroxylation sites is 1. The van der Waals surface area contributed by atoms with Crippen LogP contribution in [0, 0.1) is 11.6 Å². The van der Waals surface area contributed by atoms with Gasteiger partial charge < -0.3 is 9.47 Å². The van der Waals surface area contributed by atoms with Gasteiger partial charge in [-0.15, -0.1) is 0 Å². The molecule has 0 saturated heterocycles. The zero-order valence-corrected chi connectivity index (χ0v) is 10.0. The second kappa shape index (κ2) is 5.48. The molecule has 19 heavy (non-hydrogen) atoms. The first-order valence-electron chi connectivity index (χ1n) is 5.41. The lowest BCUT2D eigenvalue weighted by Crippen LogP contribution is -2.10. The molecule has 0 aromatic heterocycles. The Morgan fingerprint density at radius 1 is 1.05 bits per heavy atom. The minimum atomic E-state index is -0.817. The summed E-state index contributed by atoms with van der Waals surface area (Å²) >= 11 is 0. The fourth-order valence-corrected chi connectivity index (χ4v) is 1.56. The minimum Gasteiger partial charge on any atom is -0.496 e. The molecule has 0 bridgehead atoms. The maximum Gasteiger partial charge on any atom is 0.347 e. The van der Waals surface area contributed by atoms with E-state index in [2.05, 4.69) is 0 Å². The van der Waals surface area contributed by atoms with Crippen LogP contribution in [0.15, 0.2) is 42.5 Å². The molecule has 0 fully saturated rings. The highest BCUT2D eigenvalue weighted by molar-refractivity contribution is 5.93. The smallest absolute Gasteiger partial charge is 0.347 e. The zero-order chi connectivity index (χ0) is 13.8.